The predicted molar refractivity (Wildman–Crippen MR) is 106 cm³/mol. The molecule has 2 aromatic carbocycles. The van der Waals surface area contributed by atoms with Gasteiger partial charge in [0.1, 0.15) is 13.2 Å². The lowest BCUT2D eigenvalue weighted by Gasteiger charge is -2.18. The highest BCUT2D eigenvalue weighted by atomic mass is 32.2. The van der Waals surface area contributed by atoms with E-state index in [9.17, 15) is 8.42 Å². The first kappa shape index (κ1) is 18.1. The van der Waals surface area contributed by atoms with E-state index in [2.05, 4.69) is 10.3 Å². The van der Waals surface area contributed by atoms with Crippen LogP contribution in [-0.4, -0.2) is 32.7 Å². The number of rotatable bonds is 5. The molecule has 0 unspecified atom stereocenters. The lowest BCUT2D eigenvalue weighted by Crippen LogP contribution is -2.16. The Bertz CT molecular complexity index is 1180. The van der Waals surface area contributed by atoms with Crippen LogP contribution in [0.2, 0.25) is 0 Å². The lowest BCUT2D eigenvalue weighted by molar-refractivity contribution is 0.171. The second-order valence-electron chi connectivity index (χ2n) is 7.20. The second kappa shape index (κ2) is 6.81. The van der Waals surface area contributed by atoms with Crippen LogP contribution in [0.4, 0.5) is 5.88 Å². The van der Waals surface area contributed by atoms with Crippen molar-refractivity contribution < 1.29 is 22.3 Å². The van der Waals surface area contributed by atoms with Crippen LogP contribution in [-0.2, 0) is 9.84 Å². The number of hydrogen-bond donors (Lipinski definition) is 1. The number of oxazole rings is 1. The van der Waals surface area contributed by atoms with E-state index in [1.54, 1.807) is 6.07 Å². The minimum Gasteiger partial charge on any atom is -0.486 e. The van der Waals surface area contributed by atoms with Gasteiger partial charge in [-0.2, -0.15) is 4.98 Å². The maximum Gasteiger partial charge on any atom is 0.234 e. The van der Waals surface area contributed by atoms with E-state index >= 15 is 0 Å². The Balaban J connectivity index is 1.61. The van der Waals surface area contributed by atoms with Crippen LogP contribution < -0.4 is 14.8 Å². The zero-order valence-electron chi connectivity index (χ0n) is 15.8. The van der Waals surface area contributed by atoms with Crippen molar-refractivity contribution in [1.82, 2.24) is 4.98 Å². The molecule has 5 rings (SSSR count). The highest BCUT2D eigenvalue weighted by Gasteiger charge is 2.33. The lowest BCUT2D eigenvalue weighted by atomic mass is 10.1. The number of aromatic nitrogens is 1. The summed E-state index contributed by atoms with van der Waals surface area (Å²) < 4.78 is 43.8. The third kappa shape index (κ3) is 3.33. The molecular formula is C21H20N2O5S. The number of sulfone groups is 1. The van der Waals surface area contributed by atoms with Crippen molar-refractivity contribution >= 4 is 15.7 Å². The number of fused-ring (bicyclic) bond motifs is 1. The molecule has 0 atom stereocenters. The number of ether oxygens (including phenoxy) is 2. The quantitative estimate of drug-likeness (QED) is 0.681. The SMILES string of the molecule is Cc1ccccc1-c1nc(S(=O)(=O)c2ccc3c(c2)OCCO3)c(NC2CC2)o1. The summed E-state index contributed by atoms with van der Waals surface area (Å²) in [5.74, 6) is 1.41. The summed E-state index contributed by atoms with van der Waals surface area (Å²) in [7, 11) is -3.92. The fourth-order valence-corrected chi connectivity index (χ4v) is 4.50. The first-order valence-electron chi connectivity index (χ1n) is 9.50. The number of nitrogens with one attached hydrogen (secondary N) is 1. The van der Waals surface area contributed by atoms with Gasteiger partial charge < -0.3 is 19.2 Å². The van der Waals surface area contributed by atoms with Crippen molar-refractivity contribution in [2.75, 3.05) is 18.5 Å². The molecule has 0 spiro atoms. The maximum absolute atomic E-state index is 13.4. The minimum atomic E-state index is -3.92. The monoisotopic (exact) mass is 412 g/mol. The normalized spacial score (nSPS) is 15.9. The Kier molecular flexibility index (Phi) is 4.24. The molecule has 1 aliphatic carbocycles. The maximum atomic E-state index is 13.4. The van der Waals surface area contributed by atoms with Crippen LogP contribution in [0, 0.1) is 6.92 Å². The first-order valence-corrected chi connectivity index (χ1v) is 11.0. The van der Waals surface area contributed by atoms with Gasteiger partial charge in [-0.05, 0) is 43.5 Å². The molecule has 1 aliphatic heterocycles. The molecule has 0 saturated heterocycles. The van der Waals surface area contributed by atoms with E-state index in [0.717, 1.165) is 24.0 Å². The van der Waals surface area contributed by atoms with Gasteiger partial charge in [-0.1, -0.05) is 18.2 Å². The summed E-state index contributed by atoms with van der Waals surface area (Å²) in [6.07, 6.45) is 1.95. The van der Waals surface area contributed by atoms with Crippen LogP contribution >= 0.6 is 0 Å². The predicted octanol–water partition coefficient (Wildman–Crippen LogP) is 3.83. The number of aryl methyl sites for hydroxylation is 1. The van der Waals surface area contributed by atoms with Crippen molar-refractivity contribution in [2.45, 2.75) is 35.7 Å². The largest absolute Gasteiger partial charge is 0.486 e. The third-order valence-corrected chi connectivity index (χ3v) is 6.62. The minimum absolute atomic E-state index is 0.0882. The molecule has 1 N–H and O–H groups in total. The van der Waals surface area contributed by atoms with Gasteiger partial charge in [-0.25, -0.2) is 8.42 Å². The molecule has 2 heterocycles. The van der Waals surface area contributed by atoms with E-state index in [-0.39, 0.29) is 27.7 Å². The number of anilines is 1. The van der Waals surface area contributed by atoms with E-state index < -0.39 is 9.84 Å². The summed E-state index contributed by atoms with van der Waals surface area (Å²) in [5, 5.41) is 3.06. The van der Waals surface area contributed by atoms with Crippen molar-refractivity contribution in [2.24, 2.45) is 0 Å². The molecule has 1 aromatic heterocycles. The van der Waals surface area contributed by atoms with Gasteiger partial charge in [0.2, 0.25) is 26.6 Å². The van der Waals surface area contributed by atoms with Gasteiger partial charge in [0.05, 0.1) is 4.90 Å². The van der Waals surface area contributed by atoms with E-state index in [4.69, 9.17) is 13.9 Å². The Morgan fingerprint density at radius 1 is 1.03 bits per heavy atom. The molecule has 1 fully saturated rings. The highest BCUT2D eigenvalue weighted by molar-refractivity contribution is 7.91. The average Bonchev–Trinajstić information content (AvgIpc) is 3.44. The molecule has 150 valence electrons. The smallest absolute Gasteiger partial charge is 0.234 e. The standard InChI is InChI=1S/C21H20N2O5S/c1-13-4-2-3-5-16(13)19-23-21(20(28-19)22-14-6-7-14)29(24,25)15-8-9-17-18(12-15)27-11-10-26-17/h2-5,8-9,12,14,22H,6-7,10-11H2,1H3. The number of nitrogens with zero attached hydrogens (tertiary/aromatic N) is 1. The van der Waals surface area contributed by atoms with Crippen LogP contribution in [0.1, 0.15) is 18.4 Å². The molecule has 0 radical (unpaired) electrons. The van der Waals surface area contributed by atoms with Crippen molar-refractivity contribution in [3.8, 4) is 23.0 Å². The first-order chi connectivity index (χ1) is 14.0. The van der Waals surface area contributed by atoms with Crippen molar-refractivity contribution in [3.05, 3.63) is 48.0 Å². The zero-order valence-corrected chi connectivity index (χ0v) is 16.7. The van der Waals surface area contributed by atoms with E-state index in [1.165, 1.54) is 12.1 Å². The van der Waals surface area contributed by atoms with Gasteiger partial charge in [0, 0.05) is 17.7 Å². The van der Waals surface area contributed by atoms with Gasteiger partial charge in [-0.15, -0.1) is 0 Å². The van der Waals surface area contributed by atoms with Gasteiger partial charge in [0.15, 0.2) is 11.5 Å². The van der Waals surface area contributed by atoms with Crippen LogP contribution in [0.5, 0.6) is 11.5 Å². The van der Waals surface area contributed by atoms with E-state index in [0.29, 0.717) is 24.7 Å². The average molecular weight is 412 g/mol. The highest BCUT2D eigenvalue weighted by Crippen LogP contribution is 2.38. The Hall–Kier alpha value is -3.00. The summed E-state index contributed by atoms with van der Waals surface area (Å²) in [4.78, 5) is 4.48. The molecule has 1 saturated carbocycles. The Morgan fingerprint density at radius 2 is 1.79 bits per heavy atom. The molecular weight excluding hydrogens is 392 g/mol. The second-order valence-corrected chi connectivity index (χ2v) is 9.06. The molecule has 0 bridgehead atoms. The zero-order chi connectivity index (χ0) is 20.0. The summed E-state index contributed by atoms with van der Waals surface area (Å²) in [6.45, 7) is 2.76. The topological polar surface area (TPSA) is 90.7 Å². The summed E-state index contributed by atoms with van der Waals surface area (Å²) in [6, 6.07) is 12.4. The fraction of sp³-hybridized carbons (Fsp3) is 0.286. The van der Waals surface area contributed by atoms with E-state index in [1.807, 2.05) is 31.2 Å². The van der Waals surface area contributed by atoms with Gasteiger partial charge in [-0.3, -0.25) is 0 Å². The molecule has 0 amide bonds. The molecule has 29 heavy (non-hydrogen) atoms. The van der Waals surface area contributed by atoms with Gasteiger partial charge >= 0.3 is 0 Å². The third-order valence-electron chi connectivity index (χ3n) is 4.96. The number of hydrogen-bond acceptors (Lipinski definition) is 7. The molecule has 7 nitrogen and oxygen atoms in total. The van der Waals surface area contributed by atoms with Gasteiger partial charge in [0.25, 0.3) is 0 Å². The van der Waals surface area contributed by atoms with Crippen LogP contribution in [0.15, 0.2) is 56.8 Å². The Morgan fingerprint density at radius 3 is 2.55 bits per heavy atom. The fourth-order valence-electron chi connectivity index (χ4n) is 3.22. The summed E-state index contributed by atoms with van der Waals surface area (Å²) >= 11 is 0. The molecule has 8 heteroatoms. The summed E-state index contributed by atoms with van der Waals surface area (Å²) in [5.41, 5.74) is 1.71. The van der Waals surface area contributed by atoms with Crippen LogP contribution in [0.3, 0.4) is 0 Å². The van der Waals surface area contributed by atoms with Crippen molar-refractivity contribution in [3.63, 3.8) is 0 Å². The molecule has 3 aromatic rings. The van der Waals surface area contributed by atoms with Crippen molar-refractivity contribution in [1.29, 1.82) is 0 Å². The van der Waals surface area contributed by atoms with Crippen LogP contribution in [0.25, 0.3) is 11.5 Å². The Labute approximate surface area is 168 Å². The number of benzene rings is 2. The molecule has 2 aliphatic rings.